The predicted octanol–water partition coefficient (Wildman–Crippen LogP) is 4.52. The van der Waals surface area contributed by atoms with Gasteiger partial charge in [-0.05, 0) is 62.8 Å². The summed E-state index contributed by atoms with van der Waals surface area (Å²) in [6.07, 6.45) is 1.67. The van der Waals surface area contributed by atoms with E-state index in [1.165, 1.54) is 0 Å². The zero-order valence-electron chi connectivity index (χ0n) is 16.2. The Kier molecular flexibility index (Phi) is 4.34. The molecule has 0 aliphatic heterocycles. The third-order valence-corrected chi connectivity index (χ3v) is 5.55. The second-order valence-corrected chi connectivity index (χ2v) is 6.94. The maximum Gasteiger partial charge on any atom is 0.234 e. The van der Waals surface area contributed by atoms with Gasteiger partial charge >= 0.3 is 0 Å². The number of ketones is 1. The molecule has 3 rings (SSSR count). The molecule has 0 amide bonds. The van der Waals surface area contributed by atoms with E-state index >= 15 is 0 Å². The molecule has 0 fully saturated rings. The molecule has 1 aliphatic carbocycles. The maximum absolute atomic E-state index is 12.8. The highest BCUT2D eigenvalue weighted by Gasteiger charge is 2.37. The normalized spacial score (nSPS) is 14.9. The van der Waals surface area contributed by atoms with Crippen LogP contribution < -0.4 is 0 Å². The molecule has 5 heteroatoms. The lowest BCUT2D eigenvalue weighted by Crippen LogP contribution is -2.03. The Morgan fingerprint density at radius 3 is 1.54 bits per heavy atom. The number of allylic oxidation sites excluding steroid dienone is 2. The fourth-order valence-electron chi connectivity index (χ4n) is 4.18. The number of aromatic nitrogens is 2. The van der Waals surface area contributed by atoms with Crippen LogP contribution in [0.5, 0.6) is 0 Å². The Bertz CT molecular complexity index is 984. The highest BCUT2D eigenvalue weighted by atomic mass is 16.3. The van der Waals surface area contributed by atoms with Crippen LogP contribution in [0.2, 0.25) is 0 Å². The summed E-state index contributed by atoms with van der Waals surface area (Å²) < 4.78 is 0. The van der Waals surface area contributed by atoms with E-state index in [-0.39, 0.29) is 16.9 Å². The molecule has 0 spiro atoms. The Balaban J connectivity index is 2.22. The van der Waals surface area contributed by atoms with Crippen molar-refractivity contribution in [1.29, 1.82) is 0 Å². The van der Waals surface area contributed by atoms with E-state index in [0.717, 1.165) is 46.5 Å². The molecule has 5 nitrogen and oxygen atoms in total. The van der Waals surface area contributed by atoms with Crippen molar-refractivity contribution in [2.24, 2.45) is 0 Å². The number of rotatable bonds is 4. The van der Waals surface area contributed by atoms with Crippen LogP contribution in [0, 0.1) is 27.7 Å². The first kappa shape index (κ1) is 18.1. The van der Waals surface area contributed by atoms with Gasteiger partial charge in [-0.15, -0.1) is 0 Å². The molecule has 0 saturated carbocycles. The lowest BCUT2D eigenvalue weighted by atomic mass is 10.0. The number of aromatic amines is 2. The quantitative estimate of drug-likeness (QED) is 0.651. The first-order valence-electron chi connectivity index (χ1n) is 9.02. The Morgan fingerprint density at radius 2 is 1.15 bits per heavy atom. The summed E-state index contributed by atoms with van der Waals surface area (Å²) in [4.78, 5) is 19.2. The lowest BCUT2D eigenvalue weighted by molar-refractivity contribution is -0.112. The molecule has 2 aromatic heterocycles. The third-order valence-electron chi connectivity index (χ3n) is 5.55. The van der Waals surface area contributed by atoms with Gasteiger partial charge in [-0.25, -0.2) is 0 Å². The number of carbonyl (C=O) groups is 1. The smallest absolute Gasteiger partial charge is 0.234 e. The van der Waals surface area contributed by atoms with E-state index < -0.39 is 11.5 Å². The number of Topliss-reactive ketones (excluding diaryl/α,β-unsaturated/α-hetero) is 1. The number of aliphatic hydroxyl groups is 2. The fourth-order valence-corrected chi connectivity index (χ4v) is 4.18. The lowest BCUT2D eigenvalue weighted by Gasteiger charge is -2.05. The molecule has 4 N–H and O–H groups in total. The van der Waals surface area contributed by atoms with Gasteiger partial charge < -0.3 is 20.2 Å². The average Bonchev–Trinajstić information content (AvgIpc) is 3.11. The van der Waals surface area contributed by atoms with Gasteiger partial charge in [0.25, 0.3) is 0 Å². The van der Waals surface area contributed by atoms with Gasteiger partial charge in [0.1, 0.15) is 5.76 Å². The Labute approximate surface area is 153 Å². The summed E-state index contributed by atoms with van der Waals surface area (Å²) in [5.41, 5.74) is 7.61. The maximum atomic E-state index is 12.8. The third kappa shape index (κ3) is 2.34. The summed E-state index contributed by atoms with van der Waals surface area (Å²) in [5, 5.41) is 21.4. The van der Waals surface area contributed by atoms with E-state index in [9.17, 15) is 15.0 Å². The summed E-state index contributed by atoms with van der Waals surface area (Å²) in [5.74, 6) is -1.13. The van der Waals surface area contributed by atoms with E-state index in [0.29, 0.717) is 11.4 Å². The van der Waals surface area contributed by atoms with Crippen LogP contribution >= 0.6 is 0 Å². The van der Waals surface area contributed by atoms with Crippen LogP contribution in [0.1, 0.15) is 58.9 Å². The first-order valence-corrected chi connectivity index (χ1v) is 9.02. The first-order chi connectivity index (χ1) is 12.2. The second-order valence-electron chi connectivity index (χ2n) is 6.94. The number of hydrogen-bond donors (Lipinski definition) is 4. The molecule has 0 unspecified atom stereocenters. The highest BCUT2D eigenvalue weighted by Crippen LogP contribution is 2.41. The van der Waals surface area contributed by atoms with Crippen molar-refractivity contribution in [3.05, 3.63) is 56.5 Å². The zero-order valence-corrected chi connectivity index (χ0v) is 16.2. The summed E-state index contributed by atoms with van der Waals surface area (Å²) in [6.45, 7) is 11.9. The van der Waals surface area contributed by atoms with Crippen molar-refractivity contribution < 1.29 is 15.0 Å². The summed E-state index contributed by atoms with van der Waals surface area (Å²) in [6, 6.07) is 0. The van der Waals surface area contributed by atoms with Crippen LogP contribution in [0.25, 0.3) is 11.1 Å². The van der Waals surface area contributed by atoms with E-state index in [1.807, 2.05) is 27.7 Å². The van der Waals surface area contributed by atoms with Crippen molar-refractivity contribution in [3.63, 3.8) is 0 Å². The highest BCUT2D eigenvalue weighted by molar-refractivity contribution is 6.36. The van der Waals surface area contributed by atoms with Crippen molar-refractivity contribution in [3.8, 4) is 0 Å². The monoisotopic (exact) mass is 354 g/mol. The molecule has 0 saturated heterocycles. The van der Waals surface area contributed by atoms with E-state index in [1.54, 1.807) is 0 Å². The zero-order chi connectivity index (χ0) is 19.3. The van der Waals surface area contributed by atoms with Crippen LogP contribution in [0.3, 0.4) is 0 Å². The van der Waals surface area contributed by atoms with Crippen molar-refractivity contribution >= 4 is 16.9 Å². The molecule has 26 heavy (non-hydrogen) atoms. The van der Waals surface area contributed by atoms with Crippen LogP contribution in [0.4, 0.5) is 0 Å². The average molecular weight is 354 g/mol. The minimum absolute atomic E-state index is 0.141. The molecule has 2 aromatic rings. The number of carbonyl (C=O) groups excluding carboxylic acids is 1. The largest absolute Gasteiger partial charge is 0.506 e. The fraction of sp³-hybridized carbons (Fsp3) is 0.381. The van der Waals surface area contributed by atoms with Crippen LogP contribution in [-0.4, -0.2) is 26.0 Å². The van der Waals surface area contributed by atoms with Crippen molar-refractivity contribution in [2.75, 3.05) is 0 Å². The van der Waals surface area contributed by atoms with Gasteiger partial charge in [-0.3, -0.25) is 4.79 Å². The molecule has 1 aliphatic rings. The molecule has 0 radical (unpaired) electrons. The van der Waals surface area contributed by atoms with Crippen LogP contribution in [-0.2, 0) is 17.6 Å². The number of hydrogen-bond acceptors (Lipinski definition) is 3. The summed E-state index contributed by atoms with van der Waals surface area (Å²) in [7, 11) is 0. The SMILES string of the molecule is CCc1c(C)[nH]c(C2=C(O)C(c3[nH]c(C)c(CC)c3C)=C(O)C2=O)c1C. The standard InChI is InChI=1S/C21H26N2O3/c1-7-13-9(3)17(22-11(13)5)15-19(24)16(21(26)20(15)25)18-10(4)14(8-2)12(6)23-18/h22-24H,7-8H2,1-6H3,(H,25,26). The molecule has 0 aromatic carbocycles. The van der Waals surface area contributed by atoms with Gasteiger partial charge in [-0.2, -0.15) is 0 Å². The minimum Gasteiger partial charge on any atom is -0.506 e. The molecule has 0 atom stereocenters. The van der Waals surface area contributed by atoms with Gasteiger partial charge in [0, 0.05) is 11.4 Å². The topological polar surface area (TPSA) is 89.1 Å². The predicted molar refractivity (Wildman–Crippen MR) is 103 cm³/mol. The molecular weight excluding hydrogens is 328 g/mol. The van der Waals surface area contributed by atoms with Crippen LogP contribution in [0.15, 0.2) is 11.5 Å². The van der Waals surface area contributed by atoms with Gasteiger partial charge in [0.05, 0.1) is 22.5 Å². The number of nitrogens with one attached hydrogen (secondary N) is 2. The van der Waals surface area contributed by atoms with Crippen molar-refractivity contribution in [1.82, 2.24) is 9.97 Å². The van der Waals surface area contributed by atoms with Crippen molar-refractivity contribution in [2.45, 2.75) is 54.4 Å². The molecule has 0 bridgehead atoms. The summed E-state index contributed by atoms with van der Waals surface area (Å²) >= 11 is 0. The molecular formula is C21H26N2O3. The van der Waals surface area contributed by atoms with Gasteiger partial charge in [0.15, 0.2) is 5.76 Å². The molecule has 138 valence electrons. The minimum atomic E-state index is -0.547. The van der Waals surface area contributed by atoms with E-state index in [4.69, 9.17) is 0 Å². The van der Waals surface area contributed by atoms with Gasteiger partial charge in [0.2, 0.25) is 5.78 Å². The Morgan fingerprint density at radius 1 is 0.731 bits per heavy atom. The second kappa shape index (κ2) is 6.24. The number of H-pyrrole nitrogens is 2. The van der Waals surface area contributed by atoms with E-state index in [2.05, 4.69) is 23.8 Å². The van der Waals surface area contributed by atoms with Gasteiger partial charge in [-0.1, -0.05) is 13.8 Å². The number of aliphatic hydroxyl groups excluding tert-OH is 2. The Hall–Kier alpha value is -2.69. The molecule has 2 heterocycles. The number of aryl methyl sites for hydroxylation is 2.